The first-order valence-corrected chi connectivity index (χ1v) is 3.59. The zero-order valence-corrected chi connectivity index (χ0v) is 6.93. The van der Waals surface area contributed by atoms with Crippen molar-refractivity contribution >= 4 is 17.7 Å². The Morgan fingerprint density at radius 1 is 1.55 bits per heavy atom. The molecule has 3 heteroatoms. The highest BCUT2D eigenvalue weighted by molar-refractivity contribution is 7.97. The van der Waals surface area contributed by atoms with Crippen molar-refractivity contribution in [1.29, 1.82) is 0 Å². The molecule has 58 valence electrons. The molecule has 0 aliphatic carbocycles. The van der Waals surface area contributed by atoms with Gasteiger partial charge >= 0.3 is 0 Å². The lowest BCUT2D eigenvalue weighted by Crippen LogP contribution is -1.93. The van der Waals surface area contributed by atoms with Crippen LogP contribution < -0.4 is 0 Å². The SMILES string of the molecule is Cc1cccc(O)c1C(=O)S. The molecule has 0 aliphatic heterocycles. The molecule has 1 aromatic carbocycles. The van der Waals surface area contributed by atoms with Gasteiger partial charge in [-0.2, -0.15) is 0 Å². The molecule has 0 heterocycles. The molecular weight excluding hydrogens is 160 g/mol. The van der Waals surface area contributed by atoms with Gasteiger partial charge in [0.2, 0.25) is 5.12 Å². The number of phenolic OH excluding ortho intramolecular Hbond substituents is 1. The van der Waals surface area contributed by atoms with E-state index in [1.165, 1.54) is 6.07 Å². The van der Waals surface area contributed by atoms with Gasteiger partial charge in [0.1, 0.15) is 5.75 Å². The van der Waals surface area contributed by atoms with Crippen LogP contribution in [-0.2, 0) is 0 Å². The van der Waals surface area contributed by atoms with Crippen LogP contribution in [0, 0.1) is 6.92 Å². The number of aromatic hydroxyl groups is 1. The maximum Gasteiger partial charge on any atom is 0.220 e. The van der Waals surface area contributed by atoms with Gasteiger partial charge in [0.15, 0.2) is 0 Å². The number of benzene rings is 1. The van der Waals surface area contributed by atoms with Gasteiger partial charge in [-0.3, -0.25) is 4.79 Å². The Balaban J connectivity index is 3.32. The molecule has 0 saturated heterocycles. The summed E-state index contributed by atoms with van der Waals surface area (Å²) in [6, 6.07) is 4.91. The van der Waals surface area contributed by atoms with Gasteiger partial charge in [-0.15, -0.1) is 12.6 Å². The molecule has 1 rings (SSSR count). The van der Waals surface area contributed by atoms with E-state index in [9.17, 15) is 9.90 Å². The first kappa shape index (κ1) is 8.14. The Labute approximate surface area is 70.3 Å². The van der Waals surface area contributed by atoms with Gasteiger partial charge in [0, 0.05) is 0 Å². The summed E-state index contributed by atoms with van der Waals surface area (Å²) in [7, 11) is 0. The zero-order chi connectivity index (χ0) is 8.43. The van der Waals surface area contributed by atoms with Crippen molar-refractivity contribution < 1.29 is 9.90 Å². The van der Waals surface area contributed by atoms with Crippen molar-refractivity contribution in [1.82, 2.24) is 0 Å². The maximum atomic E-state index is 10.8. The quantitative estimate of drug-likeness (QED) is 0.627. The monoisotopic (exact) mass is 168 g/mol. The predicted molar refractivity (Wildman–Crippen MR) is 46.2 cm³/mol. The summed E-state index contributed by atoms with van der Waals surface area (Å²) in [5, 5.41) is 8.79. The third-order valence-corrected chi connectivity index (χ3v) is 1.69. The minimum Gasteiger partial charge on any atom is -0.507 e. The van der Waals surface area contributed by atoms with Gasteiger partial charge in [-0.25, -0.2) is 0 Å². The molecule has 1 N–H and O–H groups in total. The average molecular weight is 168 g/mol. The number of aryl methyl sites for hydroxylation is 1. The zero-order valence-electron chi connectivity index (χ0n) is 6.03. The Hall–Kier alpha value is -0.960. The van der Waals surface area contributed by atoms with Crippen LogP contribution in [0.3, 0.4) is 0 Å². The largest absolute Gasteiger partial charge is 0.507 e. The van der Waals surface area contributed by atoms with Crippen LogP contribution in [-0.4, -0.2) is 10.2 Å². The molecule has 0 bridgehead atoms. The highest BCUT2D eigenvalue weighted by Gasteiger charge is 2.08. The lowest BCUT2D eigenvalue weighted by atomic mass is 10.1. The number of thiol groups is 1. The van der Waals surface area contributed by atoms with E-state index < -0.39 is 5.12 Å². The lowest BCUT2D eigenvalue weighted by Gasteiger charge is -2.01. The Morgan fingerprint density at radius 3 is 2.55 bits per heavy atom. The van der Waals surface area contributed by atoms with Crippen LogP contribution in [0.25, 0.3) is 0 Å². The fraction of sp³-hybridized carbons (Fsp3) is 0.125. The second-order valence-electron chi connectivity index (χ2n) is 2.27. The summed E-state index contributed by atoms with van der Waals surface area (Å²) in [4.78, 5) is 10.8. The highest BCUT2D eigenvalue weighted by Crippen LogP contribution is 2.21. The van der Waals surface area contributed by atoms with Crippen LogP contribution in [0.15, 0.2) is 18.2 Å². The first-order chi connectivity index (χ1) is 5.13. The molecule has 0 amide bonds. The van der Waals surface area contributed by atoms with E-state index in [1.807, 2.05) is 0 Å². The van der Waals surface area contributed by atoms with Crippen molar-refractivity contribution in [2.45, 2.75) is 6.92 Å². The van der Waals surface area contributed by atoms with Gasteiger partial charge in [0.25, 0.3) is 0 Å². The number of rotatable bonds is 1. The van der Waals surface area contributed by atoms with Crippen LogP contribution >= 0.6 is 12.6 Å². The molecule has 0 atom stereocenters. The second-order valence-corrected chi connectivity index (χ2v) is 2.68. The third kappa shape index (κ3) is 1.54. The van der Waals surface area contributed by atoms with Gasteiger partial charge < -0.3 is 5.11 Å². The maximum absolute atomic E-state index is 10.8. The van der Waals surface area contributed by atoms with Crippen LogP contribution in [0.5, 0.6) is 5.75 Å². The third-order valence-electron chi connectivity index (χ3n) is 1.46. The molecule has 0 aromatic heterocycles. The smallest absolute Gasteiger partial charge is 0.220 e. The fourth-order valence-electron chi connectivity index (χ4n) is 0.931. The molecule has 0 radical (unpaired) electrons. The van der Waals surface area contributed by atoms with E-state index in [0.29, 0.717) is 0 Å². The molecule has 1 aromatic rings. The Kier molecular flexibility index (Phi) is 2.19. The topological polar surface area (TPSA) is 37.3 Å². The number of phenols is 1. The number of hydrogen-bond donors (Lipinski definition) is 2. The van der Waals surface area contributed by atoms with E-state index in [2.05, 4.69) is 12.6 Å². The molecule has 11 heavy (non-hydrogen) atoms. The molecular formula is C8H8O2S. The van der Waals surface area contributed by atoms with Crippen molar-refractivity contribution in [3.63, 3.8) is 0 Å². The van der Waals surface area contributed by atoms with Gasteiger partial charge in [-0.05, 0) is 18.6 Å². The minimum absolute atomic E-state index is 0.00926. The average Bonchev–Trinajstić information content (AvgIpc) is 1.85. The van der Waals surface area contributed by atoms with Gasteiger partial charge in [0.05, 0.1) is 5.56 Å². The summed E-state index contributed by atoms with van der Waals surface area (Å²) >= 11 is 3.63. The molecule has 0 aliphatic rings. The van der Waals surface area contributed by atoms with E-state index in [1.54, 1.807) is 19.1 Å². The summed E-state index contributed by atoms with van der Waals surface area (Å²) in [6.45, 7) is 1.75. The number of carbonyl (C=O) groups excluding carboxylic acids is 1. The summed E-state index contributed by atoms with van der Waals surface area (Å²) in [5.41, 5.74) is 1.03. The van der Waals surface area contributed by atoms with E-state index >= 15 is 0 Å². The molecule has 0 unspecified atom stereocenters. The van der Waals surface area contributed by atoms with Crippen LogP contribution in [0.4, 0.5) is 0 Å². The molecule has 2 nitrogen and oxygen atoms in total. The second kappa shape index (κ2) is 2.96. The highest BCUT2D eigenvalue weighted by atomic mass is 32.1. The van der Waals surface area contributed by atoms with Crippen molar-refractivity contribution in [3.8, 4) is 5.75 Å². The Morgan fingerprint density at radius 2 is 2.18 bits per heavy atom. The van der Waals surface area contributed by atoms with Crippen molar-refractivity contribution in [2.75, 3.05) is 0 Å². The number of carbonyl (C=O) groups is 1. The van der Waals surface area contributed by atoms with E-state index in [4.69, 9.17) is 0 Å². The number of hydrogen-bond acceptors (Lipinski definition) is 2. The standard InChI is InChI=1S/C8H8O2S/c1-5-3-2-4-6(9)7(5)8(10)11/h2-4,9H,1H3,(H,10,11). The van der Waals surface area contributed by atoms with E-state index in [0.717, 1.165) is 5.56 Å². The lowest BCUT2D eigenvalue weighted by molar-refractivity contribution is 0.108. The molecule has 0 fully saturated rings. The Bertz CT molecular complexity index is 274. The first-order valence-electron chi connectivity index (χ1n) is 3.15. The molecule has 0 spiro atoms. The summed E-state index contributed by atoms with van der Waals surface area (Å²) < 4.78 is 0. The van der Waals surface area contributed by atoms with Crippen molar-refractivity contribution in [2.24, 2.45) is 0 Å². The summed E-state index contributed by atoms with van der Waals surface area (Å²) in [6.07, 6.45) is 0. The fourth-order valence-corrected chi connectivity index (χ4v) is 1.22. The summed E-state index contributed by atoms with van der Waals surface area (Å²) in [5.74, 6) is -0.00926. The normalized spacial score (nSPS) is 9.64. The van der Waals surface area contributed by atoms with Gasteiger partial charge in [-0.1, -0.05) is 12.1 Å². The minimum atomic E-state index is -0.402. The van der Waals surface area contributed by atoms with Crippen molar-refractivity contribution in [3.05, 3.63) is 29.3 Å². The molecule has 0 saturated carbocycles. The van der Waals surface area contributed by atoms with Crippen LogP contribution in [0.1, 0.15) is 15.9 Å². The van der Waals surface area contributed by atoms with E-state index in [-0.39, 0.29) is 11.3 Å². The predicted octanol–water partition coefficient (Wildman–Crippen LogP) is 1.77. The van der Waals surface area contributed by atoms with Crippen LogP contribution in [0.2, 0.25) is 0 Å².